The highest BCUT2D eigenvalue weighted by Crippen LogP contribution is 2.22. The third-order valence-corrected chi connectivity index (χ3v) is 1.91. The smallest absolute Gasteiger partial charge is 0.306 e. The molecule has 3 N–H and O–H groups in total. The third-order valence-electron chi connectivity index (χ3n) is 1.91. The van der Waals surface area contributed by atoms with Crippen LogP contribution >= 0.6 is 0 Å². The maximum Gasteiger partial charge on any atom is 0.336 e. The van der Waals surface area contributed by atoms with Crippen molar-refractivity contribution in [2.75, 3.05) is 5.32 Å². The van der Waals surface area contributed by atoms with E-state index < -0.39 is 0 Å². The third kappa shape index (κ3) is 1.33. The molecule has 13 heavy (non-hydrogen) atoms. The van der Waals surface area contributed by atoms with Crippen molar-refractivity contribution >= 4 is 11.7 Å². The lowest BCUT2D eigenvalue weighted by molar-refractivity contribution is 0.208. The molecule has 5 heteroatoms. The van der Waals surface area contributed by atoms with E-state index in [1.165, 1.54) is 18.2 Å². The standard InChI is InChI=1S/C8H8FN3O/c9-6-1-2-7-5(3-6)4-12(10)8(13)11-7/h1-3H,4,10H2,(H,11,13). The van der Waals surface area contributed by atoms with Gasteiger partial charge in [-0.2, -0.15) is 0 Å². The number of benzene rings is 1. The Hall–Kier alpha value is -1.62. The van der Waals surface area contributed by atoms with Crippen LogP contribution in [0.5, 0.6) is 0 Å². The molecule has 0 aliphatic carbocycles. The van der Waals surface area contributed by atoms with Gasteiger partial charge in [0.25, 0.3) is 0 Å². The molecule has 1 aromatic rings. The number of amides is 2. The maximum atomic E-state index is 12.7. The number of nitrogens with one attached hydrogen (secondary N) is 1. The van der Waals surface area contributed by atoms with E-state index >= 15 is 0 Å². The molecular formula is C8H8FN3O. The number of nitrogens with two attached hydrogens (primary N) is 1. The van der Waals surface area contributed by atoms with Crippen LogP contribution in [0.15, 0.2) is 18.2 Å². The second-order valence-corrected chi connectivity index (χ2v) is 2.86. The molecule has 0 unspecified atom stereocenters. The molecule has 0 radical (unpaired) electrons. The summed E-state index contributed by atoms with van der Waals surface area (Å²) in [6.07, 6.45) is 0. The van der Waals surface area contributed by atoms with Gasteiger partial charge in [-0.15, -0.1) is 0 Å². The molecule has 1 aliphatic rings. The van der Waals surface area contributed by atoms with E-state index in [9.17, 15) is 9.18 Å². The Morgan fingerprint density at radius 3 is 3.08 bits per heavy atom. The Bertz CT molecular complexity index is 366. The Balaban J connectivity index is 2.42. The Morgan fingerprint density at radius 2 is 2.31 bits per heavy atom. The van der Waals surface area contributed by atoms with Crippen LogP contribution in [0.3, 0.4) is 0 Å². The minimum Gasteiger partial charge on any atom is -0.306 e. The second kappa shape index (κ2) is 2.70. The Labute approximate surface area is 74.1 Å². The number of rotatable bonds is 0. The summed E-state index contributed by atoms with van der Waals surface area (Å²) in [5.74, 6) is 5.01. The predicted molar refractivity (Wildman–Crippen MR) is 45.1 cm³/mol. The van der Waals surface area contributed by atoms with E-state index in [0.717, 1.165) is 5.01 Å². The number of urea groups is 1. The van der Waals surface area contributed by atoms with Gasteiger partial charge in [0, 0.05) is 5.69 Å². The summed E-state index contributed by atoms with van der Waals surface area (Å²) in [6.45, 7) is 0.235. The minimum absolute atomic E-state index is 0.235. The molecule has 4 nitrogen and oxygen atoms in total. The van der Waals surface area contributed by atoms with Crippen molar-refractivity contribution in [2.24, 2.45) is 5.84 Å². The average Bonchev–Trinajstić information content (AvgIpc) is 2.08. The van der Waals surface area contributed by atoms with Crippen LogP contribution < -0.4 is 11.2 Å². The van der Waals surface area contributed by atoms with Gasteiger partial charge < -0.3 is 5.32 Å². The van der Waals surface area contributed by atoms with Gasteiger partial charge in [0.2, 0.25) is 0 Å². The number of anilines is 1. The quantitative estimate of drug-likeness (QED) is 0.464. The Kier molecular flexibility index (Phi) is 1.66. The molecule has 0 bridgehead atoms. The molecule has 0 aromatic heterocycles. The van der Waals surface area contributed by atoms with Gasteiger partial charge in [0.05, 0.1) is 6.54 Å². The molecule has 2 amide bonds. The first-order valence-electron chi connectivity index (χ1n) is 3.78. The van der Waals surface area contributed by atoms with Crippen molar-refractivity contribution in [1.82, 2.24) is 5.01 Å². The van der Waals surface area contributed by atoms with E-state index in [1.807, 2.05) is 0 Å². The fourth-order valence-electron chi connectivity index (χ4n) is 1.26. The monoisotopic (exact) mass is 181 g/mol. The molecule has 0 saturated heterocycles. The van der Waals surface area contributed by atoms with E-state index in [-0.39, 0.29) is 18.4 Å². The minimum atomic E-state index is -0.376. The first-order chi connectivity index (χ1) is 6.16. The van der Waals surface area contributed by atoms with Crippen molar-refractivity contribution < 1.29 is 9.18 Å². The molecule has 0 spiro atoms. The zero-order chi connectivity index (χ0) is 9.42. The number of hydrogen-bond acceptors (Lipinski definition) is 2. The SMILES string of the molecule is NN1Cc2cc(F)ccc2NC1=O. The number of carbonyl (C=O) groups is 1. The average molecular weight is 181 g/mol. The fourth-order valence-corrected chi connectivity index (χ4v) is 1.26. The molecule has 0 atom stereocenters. The molecule has 1 heterocycles. The summed E-state index contributed by atoms with van der Waals surface area (Å²) in [5, 5.41) is 3.53. The first-order valence-corrected chi connectivity index (χ1v) is 3.78. The van der Waals surface area contributed by atoms with Crippen molar-refractivity contribution in [3.05, 3.63) is 29.6 Å². The number of hydrazine groups is 1. The van der Waals surface area contributed by atoms with Gasteiger partial charge >= 0.3 is 6.03 Å². The molecule has 68 valence electrons. The van der Waals surface area contributed by atoms with Gasteiger partial charge in [-0.1, -0.05) is 0 Å². The summed E-state index contributed by atoms with van der Waals surface area (Å²) < 4.78 is 12.7. The van der Waals surface area contributed by atoms with Gasteiger partial charge in [-0.05, 0) is 23.8 Å². The molecule has 2 rings (SSSR count). The Morgan fingerprint density at radius 1 is 1.54 bits per heavy atom. The van der Waals surface area contributed by atoms with Crippen LogP contribution in [0, 0.1) is 5.82 Å². The largest absolute Gasteiger partial charge is 0.336 e. The van der Waals surface area contributed by atoms with Gasteiger partial charge in [-0.3, -0.25) is 5.01 Å². The van der Waals surface area contributed by atoms with E-state index in [4.69, 9.17) is 5.84 Å². The van der Waals surface area contributed by atoms with Gasteiger partial charge in [0.1, 0.15) is 5.82 Å². The lowest BCUT2D eigenvalue weighted by atomic mass is 10.1. The number of carbonyl (C=O) groups excluding carboxylic acids is 1. The lowest BCUT2D eigenvalue weighted by Gasteiger charge is -2.24. The maximum absolute atomic E-state index is 12.7. The fraction of sp³-hybridized carbons (Fsp3) is 0.125. The first kappa shape index (κ1) is 8.00. The summed E-state index contributed by atoms with van der Waals surface area (Å²) in [6, 6.07) is 3.80. The van der Waals surface area contributed by atoms with Crippen LogP contribution in [0.4, 0.5) is 14.9 Å². The van der Waals surface area contributed by atoms with E-state index in [2.05, 4.69) is 5.32 Å². The zero-order valence-corrected chi connectivity index (χ0v) is 6.75. The molecular weight excluding hydrogens is 173 g/mol. The summed E-state index contributed by atoms with van der Waals surface area (Å²) in [5.41, 5.74) is 1.30. The molecule has 0 fully saturated rings. The highest BCUT2D eigenvalue weighted by molar-refractivity contribution is 5.91. The number of fused-ring (bicyclic) bond motifs is 1. The van der Waals surface area contributed by atoms with Crippen LogP contribution in [0.1, 0.15) is 5.56 Å². The summed E-state index contributed by atoms with van der Waals surface area (Å²) >= 11 is 0. The number of nitrogens with zero attached hydrogens (tertiary/aromatic N) is 1. The van der Waals surface area contributed by atoms with Gasteiger partial charge in [-0.25, -0.2) is 15.0 Å². The highest BCUT2D eigenvalue weighted by Gasteiger charge is 2.19. The molecule has 1 aliphatic heterocycles. The molecule has 0 saturated carbocycles. The van der Waals surface area contributed by atoms with Crippen molar-refractivity contribution in [3.63, 3.8) is 0 Å². The topological polar surface area (TPSA) is 58.4 Å². The number of hydrogen-bond donors (Lipinski definition) is 2. The van der Waals surface area contributed by atoms with E-state index in [0.29, 0.717) is 11.3 Å². The normalized spacial score (nSPS) is 15.2. The van der Waals surface area contributed by atoms with Crippen LogP contribution in [0.25, 0.3) is 0 Å². The zero-order valence-electron chi connectivity index (χ0n) is 6.75. The lowest BCUT2D eigenvalue weighted by Crippen LogP contribution is -2.43. The van der Waals surface area contributed by atoms with Crippen LogP contribution in [0.2, 0.25) is 0 Å². The highest BCUT2D eigenvalue weighted by atomic mass is 19.1. The number of halogens is 1. The van der Waals surface area contributed by atoms with Crippen molar-refractivity contribution in [3.8, 4) is 0 Å². The van der Waals surface area contributed by atoms with Crippen LogP contribution in [-0.4, -0.2) is 11.0 Å². The summed E-state index contributed by atoms with van der Waals surface area (Å²) in [4.78, 5) is 11.0. The van der Waals surface area contributed by atoms with Gasteiger partial charge in [0.15, 0.2) is 0 Å². The van der Waals surface area contributed by atoms with E-state index in [1.54, 1.807) is 0 Å². The summed E-state index contributed by atoms with van der Waals surface area (Å²) in [7, 11) is 0. The molecule has 1 aromatic carbocycles. The van der Waals surface area contributed by atoms with Crippen molar-refractivity contribution in [2.45, 2.75) is 6.54 Å². The van der Waals surface area contributed by atoms with Crippen molar-refractivity contribution in [1.29, 1.82) is 0 Å². The predicted octanol–water partition coefficient (Wildman–Crippen LogP) is 1.05. The second-order valence-electron chi connectivity index (χ2n) is 2.86. The van der Waals surface area contributed by atoms with Crippen LogP contribution in [-0.2, 0) is 6.54 Å².